The zero-order chi connectivity index (χ0) is 18.0. The van der Waals surface area contributed by atoms with E-state index in [1.54, 1.807) is 12.1 Å². The maximum atomic E-state index is 13.0. The number of rotatable bonds is 7. The molecule has 0 bridgehead atoms. The Hall–Kier alpha value is -0.920. The Labute approximate surface area is 146 Å². The van der Waals surface area contributed by atoms with Crippen LogP contribution in [0.5, 0.6) is 0 Å². The van der Waals surface area contributed by atoms with Gasteiger partial charge < -0.3 is 0 Å². The Morgan fingerprint density at radius 2 is 1.83 bits per heavy atom. The van der Waals surface area contributed by atoms with E-state index in [1.807, 2.05) is 19.1 Å². The van der Waals surface area contributed by atoms with Crippen molar-refractivity contribution in [3.8, 4) is 0 Å². The van der Waals surface area contributed by atoms with Gasteiger partial charge in [0.15, 0.2) is 9.84 Å². The molecule has 7 heteroatoms. The van der Waals surface area contributed by atoms with Gasteiger partial charge in [0.25, 0.3) is 0 Å². The number of sulfonamides is 1. The quantitative estimate of drug-likeness (QED) is 0.737. The van der Waals surface area contributed by atoms with Crippen LogP contribution in [0.3, 0.4) is 0 Å². The monoisotopic (exact) mass is 373 g/mol. The fraction of sp³-hybridized carbons (Fsp3) is 0.647. The number of sulfone groups is 1. The molecule has 1 aliphatic rings. The van der Waals surface area contributed by atoms with Crippen LogP contribution >= 0.6 is 0 Å². The summed E-state index contributed by atoms with van der Waals surface area (Å²) in [7, 11) is -6.81. The first kappa shape index (κ1) is 19.4. The summed E-state index contributed by atoms with van der Waals surface area (Å²) in [5.41, 5.74) is 1.08. The summed E-state index contributed by atoms with van der Waals surface area (Å²) >= 11 is 0. The molecule has 1 heterocycles. The fourth-order valence-corrected chi connectivity index (χ4v) is 6.49. The SMILES string of the molecule is CCCCN([C@H]1CCS(=O)(=O)C1)S(=O)(=O)c1ccc(C(C)C)cc1. The van der Waals surface area contributed by atoms with E-state index in [0.29, 0.717) is 18.9 Å². The van der Waals surface area contributed by atoms with Crippen LogP contribution in [0.2, 0.25) is 0 Å². The van der Waals surface area contributed by atoms with E-state index in [4.69, 9.17) is 0 Å². The number of unbranched alkanes of at least 4 members (excludes halogenated alkanes) is 1. The molecular weight excluding hydrogens is 346 g/mol. The molecule has 0 spiro atoms. The average molecular weight is 374 g/mol. The zero-order valence-electron chi connectivity index (χ0n) is 14.6. The predicted molar refractivity (Wildman–Crippen MR) is 96.4 cm³/mol. The molecule has 1 aliphatic heterocycles. The lowest BCUT2D eigenvalue weighted by molar-refractivity contribution is 0.335. The smallest absolute Gasteiger partial charge is 0.229 e. The Morgan fingerprint density at radius 1 is 1.21 bits per heavy atom. The van der Waals surface area contributed by atoms with Crippen LogP contribution in [0.1, 0.15) is 51.5 Å². The number of benzene rings is 1. The van der Waals surface area contributed by atoms with Gasteiger partial charge in [-0.3, -0.25) is 0 Å². The second kappa shape index (κ2) is 7.54. The van der Waals surface area contributed by atoms with Crippen molar-refractivity contribution in [3.63, 3.8) is 0 Å². The first-order valence-corrected chi connectivity index (χ1v) is 11.8. The van der Waals surface area contributed by atoms with E-state index in [-0.39, 0.29) is 16.4 Å². The third-order valence-electron chi connectivity index (χ3n) is 4.50. The molecule has 0 aromatic heterocycles. The van der Waals surface area contributed by atoms with Crippen LogP contribution < -0.4 is 0 Å². The van der Waals surface area contributed by atoms with Gasteiger partial charge in [-0.05, 0) is 36.5 Å². The lowest BCUT2D eigenvalue weighted by atomic mass is 10.0. The molecule has 1 aromatic carbocycles. The van der Waals surface area contributed by atoms with Gasteiger partial charge in [0.1, 0.15) is 0 Å². The molecule has 1 saturated heterocycles. The summed E-state index contributed by atoms with van der Waals surface area (Å²) in [6.07, 6.45) is 1.97. The highest BCUT2D eigenvalue weighted by molar-refractivity contribution is 7.92. The molecule has 1 atom stereocenters. The summed E-state index contributed by atoms with van der Waals surface area (Å²) in [6, 6.07) is 6.48. The van der Waals surface area contributed by atoms with Crippen LogP contribution in [-0.4, -0.2) is 45.2 Å². The van der Waals surface area contributed by atoms with Crippen molar-refractivity contribution < 1.29 is 16.8 Å². The van der Waals surface area contributed by atoms with Gasteiger partial charge >= 0.3 is 0 Å². The topological polar surface area (TPSA) is 71.5 Å². The molecule has 24 heavy (non-hydrogen) atoms. The molecule has 0 amide bonds. The minimum atomic E-state index is -3.68. The molecule has 1 aromatic rings. The third kappa shape index (κ3) is 4.37. The van der Waals surface area contributed by atoms with Gasteiger partial charge in [-0.1, -0.05) is 39.3 Å². The van der Waals surface area contributed by atoms with Crippen molar-refractivity contribution in [2.45, 2.75) is 56.9 Å². The zero-order valence-corrected chi connectivity index (χ0v) is 16.2. The van der Waals surface area contributed by atoms with E-state index in [1.165, 1.54) is 4.31 Å². The first-order chi connectivity index (χ1) is 11.2. The van der Waals surface area contributed by atoms with Crippen LogP contribution in [0, 0.1) is 0 Å². The number of hydrogen-bond acceptors (Lipinski definition) is 4. The molecule has 0 N–H and O–H groups in total. The lowest BCUT2D eigenvalue weighted by Crippen LogP contribution is -2.41. The summed E-state index contributed by atoms with van der Waals surface area (Å²) in [4.78, 5) is 0.243. The second-order valence-electron chi connectivity index (χ2n) is 6.75. The van der Waals surface area contributed by atoms with E-state index in [2.05, 4.69) is 13.8 Å². The molecule has 0 saturated carbocycles. The second-order valence-corrected chi connectivity index (χ2v) is 10.9. The highest BCUT2D eigenvalue weighted by Gasteiger charge is 2.38. The number of hydrogen-bond donors (Lipinski definition) is 0. The van der Waals surface area contributed by atoms with Gasteiger partial charge in [0.05, 0.1) is 16.4 Å². The Bertz CT molecular complexity index is 752. The fourth-order valence-electron chi connectivity index (χ4n) is 2.98. The van der Waals surface area contributed by atoms with E-state index < -0.39 is 25.9 Å². The summed E-state index contributed by atoms with van der Waals surface area (Å²) in [6.45, 7) is 6.47. The Kier molecular flexibility index (Phi) is 6.09. The van der Waals surface area contributed by atoms with E-state index in [9.17, 15) is 16.8 Å². The first-order valence-electron chi connectivity index (χ1n) is 8.49. The maximum absolute atomic E-state index is 13.0. The van der Waals surface area contributed by atoms with E-state index >= 15 is 0 Å². The number of nitrogens with zero attached hydrogens (tertiary/aromatic N) is 1. The standard InChI is InChI=1S/C17H27NO4S2/c1-4-5-11-18(16-10-12-23(19,20)13-16)24(21,22)17-8-6-15(7-9-17)14(2)3/h6-9,14,16H,4-5,10-13H2,1-3H3/t16-/m0/s1. The van der Waals surface area contributed by atoms with Crippen LogP contribution in [0.15, 0.2) is 29.2 Å². The van der Waals surface area contributed by atoms with Crippen LogP contribution in [0.4, 0.5) is 0 Å². The highest BCUT2D eigenvalue weighted by atomic mass is 32.2. The van der Waals surface area contributed by atoms with Gasteiger partial charge in [0.2, 0.25) is 10.0 Å². The lowest BCUT2D eigenvalue weighted by Gasteiger charge is -2.27. The minimum Gasteiger partial charge on any atom is -0.229 e. The molecule has 136 valence electrons. The average Bonchev–Trinajstić information content (AvgIpc) is 2.87. The highest BCUT2D eigenvalue weighted by Crippen LogP contribution is 2.26. The summed E-state index contributed by atoms with van der Waals surface area (Å²) < 4.78 is 51.1. The van der Waals surface area contributed by atoms with Crippen molar-refractivity contribution in [3.05, 3.63) is 29.8 Å². The Balaban J connectivity index is 2.32. The summed E-state index contributed by atoms with van der Waals surface area (Å²) in [5.74, 6) is 0.334. The van der Waals surface area contributed by atoms with Gasteiger partial charge in [0, 0.05) is 12.6 Å². The molecule has 1 fully saturated rings. The van der Waals surface area contributed by atoms with Crippen molar-refractivity contribution in [2.75, 3.05) is 18.1 Å². The molecule has 0 radical (unpaired) electrons. The minimum absolute atomic E-state index is 0.0694. The van der Waals surface area contributed by atoms with Crippen molar-refractivity contribution in [1.29, 1.82) is 0 Å². The molecule has 0 unspecified atom stereocenters. The molecule has 5 nitrogen and oxygen atoms in total. The van der Waals surface area contributed by atoms with Crippen molar-refractivity contribution in [1.82, 2.24) is 4.31 Å². The van der Waals surface area contributed by atoms with Crippen molar-refractivity contribution >= 4 is 19.9 Å². The Morgan fingerprint density at radius 3 is 2.29 bits per heavy atom. The van der Waals surface area contributed by atoms with E-state index in [0.717, 1.165) is 18.4 Å². The third-order valence-corrected chi connectivity index (χ3v) is 8.22. The van der Waals surface area contributed by atoms with Gasteiger partial charge in [-0.25, -0.2) is 16.8 Å². The molecule has 2 rings (SSSR count). The van der Waals surface area contributed by atoms with Crippen LogP contribution in [0.25, 0.3) is 0 Å². The van der Waals surface area contributed by atoms with Gasteiger partial charge in [-0.2, -0.15) is 4.31 Å². The van der Waals surface area contributed by atoms with Gasteiger partial charge in [-0.15, -0.1) is 0 Å². The normalized spacial score (nSPS) is 20.8. The molecule has 0 aliphatic carbocycles. The predicted octanol–water partition coefficient (Wildman–Crippen LogP) is 2.79. The largest absolute Gasteiger partial charge is 0.243 e. The molecular formula is C17H27NO4S2. The summed E-state index contributed by atoms with van der Waals surface area (Å²) in [5, 5.41) is 0. The maximum Gasteiger partial charge on any atom is 0.243 e. The van der Waals surface area contributed by atoms with Crippen molar-refractivity contribution in [2.24, 2.45) is 0 Å². The van der Waals surface area contributed by atoms with Crippen LogP contribution in [-0.2, 0) is 19.9 Å².